The van der Waals surface area contributed by atoms with Gasteiger partial charge in [0.2, 0.25) is 5.91 Å². The van der Waals surface area contributed by atoms with Gasteiger partial charge in [-0.25, -0.2) is 0 Å². The van der Waals surface area contributed by atoms with Gasteiger partial charge in [-0.15, -0.1) is 0 Å². The molecule has 2 atom stereocenters. The van der Waals surface area contributed by atoms with Crippen molar-refractivity contribution in [3.05, 3.63) is 65.2 Å². The average molecular weight is 381 g/mol. The van der Waals surface area contributed by atoms with Gasteiger partial charge in [0.1, 0.15) is 5.75 Å². The lowest BCUT2D eigenvalue weighted by molar-refractivity contribution is -0.130. The van der Waals surface area contributed by atoms with Gasteiger partial charge >= 0.3 is 0 Å². The van der Waals surface area contributed by atoms with Crippen LogP contribution in [-0.2, 0) is 4.79 Å². The molecule has 2 aromatic carbocycles. The number of carbonyl (C=O) groups excluding carboxylic acids is 2. The number of aryl methyl sites for hydroxylation is 1. The smallest absolute Gasteiger partial charge is 0.251 e. The minimum atomic E-state index is -0.165. The second-order valence-electron chi connectivity index (χ2n) is 7.21. The third-order valence-corrected chi connectivity index (χ3v) is 5.20. The maximum Gasteiger partial charge on any atom is 0.251 e. The highest BCUT2D eigenvalue weighted by Gasteiger charge is 2.33. The predicted octanol–water partition coefficient (Wildman–Crippen LogP) is 2.08. The summed E-state index contributed by atoms with van der Waals surface area (Å²) in [5.74, 6) is 0.752. The summed E-state index contributed by atoms with van der Waals surface area (Å²) in [6.07, 6.45) is 0.264. The highest BCUT2D eigenvalue weighted by molar-refractivity contribution is 5.94. The van der Waals surface area contributed by atoms with E-state index in [1.54, 1.807) is 24.1 Å². The first-order valence-electron chi connectivity index (χ1n) is 9.50. The Balaban J connectivity index is 1.49. The fraction of sp³-hybridized carbons (Fsp3) is 0.364. The van der Waals surface area contributed by atoms with Crippen LogP contribution in [0.1, 0.15) is 33.8 Å². The molecule has 3 rings (SSSR count). The van der Waals surface area contributed by atoms with Crippen molar-refractivity contribution in [2.24, 2.45) is 5.73 Å². The number of amides is 2. The van der Waals surface area contributed by atoms with Crippen molar-refractivity contribution in [1.82, 2.24) is 10.2 Å². The van der Waals surface area contributed by atoms with Gasteiger partial charge in [-0.3, -0.25) is 9.59 Å². The number of methoxy groups -OCH3 is 1. The summed E-state index contributed by atoms with van der Waals surface area (Å²) in [6.45, 7) is 3.41. The van der Waals surface area contributed by atoms with E-state index >= 15 is 0 Å². The molecule has 3 N–H and O–H groups in total. The van der Waals surface area contributed by atoms with Crippen LogP contribution in [0.4, 0.5) is 0 Å². The van der Waals surface area contributed by atoms with E-state index in [9.17, 15) is 9.59 Å². The Morgan fingerprint density at radius 3 is 2.43 bits per heavy atom. The van der Waals surface area contributed by atoms with Crippen molar-refractivity contribution in [2.75, 3.05) is 26.7 Å². The van der Waals surface area contributed by atoms with E-state index in [-0.39, 0.29) is 30.2 Å². The number of carbonyl (C=O) groups is 2. The third-order valence-electron chi connectivity index (χ3n) is 5.20. The van der Waals surface area contributed by atoms with Crippen LogP contribution < -0.4 is 15.8 Å². The first-order chi connectivity index (χ1) is 13.5. The average Bonchev–Trinajstić information content (AvgIpc) is 3.10. The van der Waals surface area contributed by atoms with Crippen molar-refractivity contribution < 1.29 is 14.3 Å². The number of hydrogen-bond donors (Lipinski definition) is 2. The second kappa shape index (κ2) is 8.89. The maximum atomic E-state index is 12.5. The van der Waals surface area contributed by atoms with Crippen molar-refractivity contribution in [3.8, 4) is 5.75 Å². The molecule has 28 heavy (non-hydrogen) atoms. The number of nitrogens with two attached hydrogens (primary N) is 1. The molecule has 0 aliphatic carbocycles. The summed E-state index contributed by atoms with van der Waals surface area (Å²) in [4.78, 5) is 26.5. The fourth-order valence-electron chi connectivity index (χ4n) is 3.48. The largest absolute Gasteiger partial charge is 0.497 e. The van der Waals surface area contributed by atoms with Gasteiger partial charge in [0.05, 0.1) is 7.11 Å². The Hall–Kier alpha value is -2.86. The number of hydrogen-bond acceptors (Lipinski definition) is 4. The molecule has 1 aliphatic rings. The van der Waals surface area contributed by atoms with Crippen LogP contribution in [0.5, 0.6) is 5.75 Å². The first kappa shape index (κ1) is 19.9. The van der Waals surface area contributed by atoms with Crippen molar-refractivity contribution in [2.45, 2.75) is 25.3 Å². The molecule has 0 radical (unpaired) electrons. The molecule has 0 spiro atoms. The maximum absolute atomic E-state index is 12.5. The van der Waals surface area contributed by atoms with E-state index < -0.39 is 0 Å². The van der Waals surface area contributed by atoms with Gasteiger partial charge in [-0.2, -0.15) is 0 Å². The summed E-state index contributed by atoms with van der Waals surface area (Å²) >= 11 is 0. The molecule has 1 heterocycles. The van der Waals surface area contributed by atoms with Gasteiger partial charge in [0.15, 0.2) is 0 Å². The Morgan fingerprint density at radius 1 is 1.11 bits per heavy atom. The van der Waals surface area contributed by atoms with Crippen molar-refractivity contribution >= 4 is 11.8 Å². The Morgan fingerprint density at radius 2 is 1.79 bits per heavy atom. The molecule has 148 valence electrons. The van der Waals surface area contributed by atoms with E-state index in [2.05, 4.69) is 5.32 Å². The van der Waals surface area contributed by atoms with Crippen LogP contribution >= 0.6 is 0 Å². The summed E-state index contributed by atoms with van der Waals surface area (Å²) in [7, 11) is 1.63. The van der Waals surface area contributed by atoms with Crippen molar-refractivity contribution in [1.29, 1.82) is 0 Å². The summed E-state index contributed by atoms with van der Waals surface area (Å²) in [5, 5.41) is 2.81. The van der Waals surface area contributed by atoms with Gasteiger partial charge < -0.3 is 20.7 Å². The molecule has 1 fully saturated rings. The fourth-order valence-corrected chi connectivity index (χ4v) is 3.48. The minimum Gasteiger partial charge on any atom is -0.497 e. The second-order valence-corrected chi connectivity index (χ2v) is 7.21. The molecule has 2 amide bonds. The van der Waals surface area contributed by atoms with E-state index in [1.165, 1.54) is 0 Å². The standard InChI is InChI=1S/C22H27N3O3/c1-15-3-5-17(6-4-15)22(27)24-12-11-21(26)25-13-19(20(23)14-25)16-7-9-18(28-2)10-8-16/h3-10,19-20H,11-14,23H2,1-2H3,(H,24,27)/t19-,20+/m1/s1. The Bertz CT molecular complexity index is 818. The lowest BCUT2D eigenvalue weighted by Crippen LogP contribution is -2.34. The van der Waals surface area contributed by atoms with Crippen molar-refractivity contribution in [3.63, 3.8) is 0 Å². The molecule has 6 heteroatoms. The van der Waals surface area contributed by atoms with Gasteiger partial charge in [0.25, 0.3) is 5.91 Å². The van der Waals surface area contributed by atoms with Crippen LogP contribution in [-0.4, -0.2) is 49.5 Å². The highest BCUT2D eigenvalue weighted by atomic mass is 16.5. The number of nitrogens with zero attached hydrogens (tertiary/aromatic N) is 1. The summed E-state index contributed by atoms with van der Waals surface area (Å²) < 4.78 is 5.19. The molecule has 0 aromatic heterocycles. The van der Waals surface area contributed by atoms with E-state index in [4.69, 9.17) is 10.5 Å². The Kier molecular flexibility index (Phi) is 6.31. The van der Waals surface area contributed by atoms with Crippen LogP contribution in [0.3, 0.4) is 0 Å². The quantitative estimate of drug-likeness (QED) is 0.802. The number of nitrogens with one attached hydrogen (secondary N) is 1. The predicted molar refractivity (Wildman–Crippen MR) is 108 cm³/mol. The summed E-state index contributed by atoms with van der Waals surface area (Å²) in [6, 6.07) is 15.1. The molecule has 0 bridgehead atoms. The monoisotopic (exact) mass is 381 g/mol. The number of benzene rings is 2. The number of likely N-dealkylation sites (tertiary alicyclic amines) is 1. The van der Waals surface area contributed by atoms with Crippen LogP contribution in [0, 0.1) is 6.92 Å². The zero-order valence-corrected chi connectivity index (χ0v) is 16.4. The zero-order valence-electron chi connectivity index (χ0n) is 16.4. The molecule has 0 saturated carbocycles. The summed E-state index contributed by atoms with van der Waals surface area (Å²) in [5.41, 5.74) is 9.09. The first-order valence-corrected chi connectivity index (χ1v) is 9.50. The third kappa shape index (κ3) is 4.70. The van der Waals surface area contributed by atoms with Gasteiger partial charge in [0, 0.05) is 43.6 Å². The number of ether oxygens (including phenoxy) is 1. The molecule has 1 saturated heterocycles. The molecule has 2 aromatic rings. The minimum absolute atomic E-state index is 0.00988. The lowest BCUT2D eigenvalue weighted by atomic mass is 9.95. The highest BCUT2D eigenvalue weighted by Crippen LogP contribution is 2.28. The van der Waals surface area contributed by atoms with Crippen LogP contribution in [0.2, 0.25) is 0 Å². The van der Waals surface area contributed by atoms with E-state index in [1.807, 2.05) is 43.3 Å². The molecular formula is C22H27N3O3. The SMILES string of the molecule is COc1ccc([C@H]2CN(C(=O)CCNC(=O)c3ccc(C)cc3)C[C@@H]2N)cc1. The normalized spacial score (nSPS) is 18.8. The molecule has 1 aliphatic heterocycles. The van der Waals surface area contributed by atoms with Crippen LogP contribution in [0.15, 0.2) is 48.5 Å². The van der Waals surface area contributed by atoms with E-state index in [0.29, 0.717) is 25.2 Å². The Labute approximate surface area is 165 Å². The van der Waals surface area contributed by atoms with Gasteiger partial charge in [-0.05, 0) is 36.8 Å². The molecular weight excluding hydrogens is 354 g/mol. The van der Waals surface area contributed by atoms with Gasteiger partial charge in [-0.1, -0.05) is 29.8 Å². The number of rotatable bonds is 6. The lowest BCUT2D eigenvalue weighted by Gasteiger charge is -2.17. The topological polar surface area (TPSA) is 84.7 Å². The van der Waals surface area contributed by atoms with E-state index in [0.717, 1.165) is 16.9 Å². The molecule has 6 nitrogen and oxygen atoms in total. The van der Waals surface area contributed by atoms with Crippen LogP contribution in [0.25, 0.3) is 0 Å². The zero-order chi connectivity index (χ0) is 20.1. The molecule has 0 unspecified atom stereocenters.